The number of likely N-dealkylation sites (tertiary alicyclic amines) is 2. The van der Waals surface area contributed by atoms with Gasteiger partial charge in [-0.25, -0.2) is 9.59 Å². The van der Waals surface area contributed by atoms with Crippen molar-refractivity contribution in [2.45, 2.75) is 100 Å². The van der Waals surface area contributed by atoms with Crippen LogP contribution in [0.1, 0.15) is 97.6 Å². The Balaban J connectivity index is 0.000000208. The Morgan fingerprint density at radius 3 is 1.19 bits per heavy atom. The number of hydrogen-bond donors (Lipinski definition) is 1. The van der Waals surface area contributed by atoms with Crippen molar-refractivity contribution in [1.29, 1.82) is 0 Å². The molecular formula is C61H67LiN4O7. The molecule has 0 aliphatic carbocycles. The fourth-order valence-electron chi connectivity index (χ4n) is 11.8. The third-order valence-electron chi connectivity index (χ3n) is 15.6. The zero-order valence-electron chi connectivity index (χ0n) is 42.7. The molecule has 2 fully saturated rings. The van der Waals surface area contributed by atoms with Gasteiger partial charge in [-0.15, -0.1) is 0 Å². The second-order valence-corrected chi connectivity index (χ2v) is 20.0. The van der Waals surface area contributed by atoms with Gasteiger partial charge >= 0.3 is 30.8 Å². The van der Waals surface area contributed by atoms with Crippen LogP contribution in [-0.2, 0) is 36.8 Å². The maximum atomic E-state index is 14.4. The number of carboxylic acids is 1. The van der Waals surface area contributed by atoms with Crippen LogP contribution in [0.4, 0.5) is 11.4 Å². The number of carbonyl (C=O) groups excluding carboxylic acids is 3. The number of aryl methyl sites for hydroxylation is 2. The number of fused-ring (bicyclic) bond motifs is 2. The van der Waals surface area contributed by atoms with E-state index in [9.17, 15) is 24.3 Å². The molecule has 4 atom stereocenters. The smallest absolute Gasteiger partial charge is 0.870 e. The number of anilines is 2. The van der Waals surface area contributed by atoms with E-state index >= 15 is 0 Å². The minimum Gasteiger partial charge on any atom is -0.870 e. The van der Waals surface area contributed by atoms with Gasteiger partial charge in [0.15, 0.2) is 0 Å². The SMILES string of the molecule is COC(=O)[C@]1(C)C[C@H](N2CCCCc3ccccc32)CN1C(=O)C(c1ccccc1)c1ccccc1.C[C@@]1(C(=O)O)C[C@H](N2CCCCc3ccccc32)CN1C(=O)C(c1ccccc1)c1ccccc1.[Li+].[OH-]. The number of hydrogen-bond acceptors (Lipinski definition) is 8. The van der Waals surface area contributed by atoms with Crippen molar-refractivity contribution >= 4 is 35.1 Å². The Kier molecular flexibility index (Phi) is 17.7. The number of methoxy groups -OCH3 is 1. The molecule has 2 N–H and O–H groups in total. The quantitative estimate of drug-likeness (QED) is 0.112. The molecule has 0 aromatic heterocycles. The average Bonchev–Trinajstić information content (AvgIpc) is 3.76. The summed E-state index contributed by atoms with van der Waals surface area (Å²) in [5, 5.41) is 10.4. The monoisotopic (exact) mass is 975 g/mol. The maximum Gasteiger partial charge on any atom is 1.00 e. The first kappa shape index (κ1) is 54.1. The van der Waals surface area contributed by atoms with E-state index in [1.165, 1.54) is 29.6 Å². The van der Waals surface area contributed by atoms with Crippen molar-refractivity contribution in [2.75, 3.05) is 43.1 Å². The molecule has 2 saturated heterocycles. The van der Waals surface area contributed by atoms with Crippen molar-refractivity contribution in [2.24, 2.45) is 0 Å². The number of rotatable bonds is 10. The van der Waals surface area contributed by atoms with Crippen molar-refractivity contribution in [3.63, 3.8) is 0 Å². The number of carboxylic acid groups (broad SMARTS) is 1. The Labute approximate surface area is 442 Å². The Bertz CT molecular complexity index is 2720. The van der Waals surface area contributed by atoms with Crippen LogP contribution in [0.5, 0.6) is 0 Å². The summed E-state index contributed by atoms with van der Waals surface area (Å²) < 4.78 is 5.29. The third-order valence-corrected chi connectivity index (χ3v) is 15.6. The van der Waals surface area contributed by atoms with E-state index in [4.69, 9.17) is 4.74 Å². The molecule has 4 aliphatic heterocycles. The van der Waals surface area contributed by atoms with Crippen molar-refractivity contribution in [3.05, 3.63) is 203 Å². The molecular weight excluding hydrogens is 908 g/mol. The van der Waals surface area contributed by atoms with E-state index in [2.05, 4.69) is 52.3 Å². The largest absolute Gasteiger partial charge is 1.00 e. The van der Waals surface area contributed by atoms with Gasteiger partial charge in [0.05, 0.1) is 18.9 Å². The van der Waals surface area contributed by atoms with Gasteiger partial charge < -0.3 is 34.9 Å². The van der Waals surface area contributed by atoms with E-state index in [0.29, 0.717) is 25.9 Å². The number of aliphatic carboxylic acids is 1. The van der Waals surface area contributed by atoms with Gasteiger partial charge in [-0.05, 0) is 97.9 Å². The number of esters is 1. The van der Waals surface area contributed by atoms with Crippen molar-refractivity contribution in [3.8, 4) is 0 Å². The van der Waals surface area contributed by atoms with Gasteiger partial charge in [-0.1, -0.05) is 158 Å². The first-order chi connectivity index (χ1) is 34.5. The van der Waals surface area contributed by atoms with E-state index < -0.39 is 28.9 Å². The molecule has 12 heteroatoms. The molecule has 2 amide bonds. The minimum absolute atomic E-state index is 0. The summed E-state index contributed by atoms with van der Waals surface area (Å²) in [6.45, 7) is 6.25. The van der Waals surface area contributed by atoms with Crippen LogP contribution in [0.15, 0.2) is 170 Å². The van der Waals surface area contributed by atoms with Gasteiger partial charge in [0, 0.05) is 62.5 Å². The van der Waals surface area contributed by atoms with Crippen LogP contribution in [0.2, 0.25) is 0 Å². The molecule has 73 heavy (non-hydrogen) atoms. The second-order valence-electron chi connectivity index (χ2n) is 20.0. The molecule has 6 aromatic rings. The molecule has 10 rings (SSSR count). The van der Waals surface area contributed by atoms with Gasteiger partial charge in [0.25, 0.3) is 0 Å². The van der Waals surface area contributed by atoms with Gasteiger partial charge in [0.2, 0.25) is 11.8 Å². The Morgan fingerprint density at radius 2 is 0.836 bits per heavy atom. The van der Waals surface area contributed by atoms with Crippen LogP contribution in [0.25, 0.3) is 0 Å². The van der Waals surface area contributed by atoms with Gasteiger partial charge in [0.1, 0.15) is 11.1 Å². The van der Waals surface area contributed by atoms with Crippen LogP contribution >= 0.6 is 0 Å². The van der Waals surface area contributed by atoms with Crippen LogP contribution in [0, 0.1) is 0 Å². The van der Waals surface area contributed by atoms with Crippen LogP contribution < -0.4 is 28.7 Å². The molecule has 6 aromatic carbocycles. The van der Waals surface area contributed by atoms with Gasteiger partial charge in [-0.2, -0.15) is 0 Å². The van der Waals surface area contributed by atoms with Gasteiger partial charge in [-0.3, -0.25) is 9.59 Å². The molecule has 0 spiro atoms. The molecule has 0 saturated carbocycles. The summed E-state index contributed by atoms with van der Waals surface area (Å²) in [6, 6.07) is 56.0. The van der Waals surface area contributed by atoms with Crippen molar-refractivity contribution in [1.82, 2.24) is 9.80 Å². The Morgan fingerprint density at radius 1 is 0.507 bits per heavy atom. The summed E-state index contributed by atoms with van der Waals surface area (Å²) in [5.41, 5.74) is 6.33. The number of nitrogens with zero attached hydrogens (tertiary/aromatic N) is 4. The number of ether oxygens (including phenoxy) is 1. The zero-order valence-corrected chi connectivity index (χ0v) is 42.7. The molecule has 0 radical (unpaired) electrons. The molecule has 4 aliphatic rings. The van der Waals surface area contributed by atoms with Crippen molar-refractivity contribution < 1.29 is 53.4 Å². The Hall–Kier alpha value is -6.64. The standard InChI is InChI=1S/C31H34N2O3.C30H32N2O3.Li.H2O/c1-31(30(35)36-2)21-26(32-20-12-11-14-23-13-9-10-19-27(23)32)22-33(31)29(34)28(24-15-5-3-6-16-24)25-17-7-4-8-18-25;1-30(29(34)35)20-25(31-19-11-10-13-22-12-8-9-18-26(22)31)21-32(30)28(33)27(23-14-4-2-5-15-23)24-16-6-3-7-17-24;;/h3-10,13,15-19,26,28H,11-12,14,20-22H2,1-2H3;2-9,12,14-18,25,27H,10-11,13,19-21H2,1H3,(H,34,35);;1H2/q;;+1;/p-1/t26-,31-;25-,30-;;/m00../s1. The second kappa shape index (κ2) is 23.9. The fraction of sp³-hybridized carbons (Fsp3) is 0.344. The predicted molar refractivity (Wildman–Crippen MR) is 282 cm³/mol. The molecule has 0 bridgehead atoms. The fourth-order valence-corrected chi connectivity index (χ4v) is 11.8. The van der Waals surface area contributed by atoms with Crippen LogP contribution in [-0.4, -0.2) is 101 Å². The number of para-hydroxylation sites is 2. The average molecular weight is 975 g/mol. The number of carbonyl (C=O) groups is 4. The minimum atomic E-state index is -1.27. The molecule has 4 heterocycles. The summed E-state index contributed by atoms with van der Waals surface area (Å²) in [7, 11) is 1.41. The van der Waals surface area contributed by atoms with E-state index in [-0.39, 0.29) is 54.2 Å². The van der Waals surface area contributed by atoms with E-state index in [1.54, 1.807) is 16.7 Å². The predicted octanol–water partition coefficient (Wildman–Crippen LogP) is 7.13. The molecule has 374 valence electrons. The normalized spacial score (nSPS) is 21.3. The zero-order chi connectivity index (χ0) is 49.5. The molecule has 11 nitrogen and oxygen atoms in total. The molecule has 0 unspecified atom stereocenters. The van der Waals surface area contributed by atoms with Crippen LogP contribution in [0.3, 0.4) is 0 Å². The summed E-state index contributed by atoms with van der Waals surface area (Å²) in [5.74, 6) is -2.57. The summed E-state index contributed by atoms with van der Waals surface area (Å²) >= 11 is 0. The third kappa shape index (κ3) is 11.2. The number of amides is 2. The number of benzene rings is 6. The first-order valence-electron chi connectivity index (χ1n) is 25.4. The van der Waals surface area contributed by atoms with E-state index in [0.717, 1.165) is 73.9 Å². The topological polar surface area (TPSA) is 141 Å². The summed E-state index contributed by atoms with van der Waals surface area (Å²) in [6.07, 6.45) is 7.42. The maximum absolute atomic E-state index is 14.4. The first-order valence-corrected chi connectivity index (χ1v) is 25.4. The summed E-state index contributed by atoms with van der Waals surface area (Å²) in [4.78, 5) is 62.8. The van der Waals surface area contributed by atoms with E-state index in [1.807, 2.05) is 134 Å².